The highest BCUT2D eigenvalue weighted by Crippen LogP contribution is 2.18. The minimum atomic E-state index is -4.67. The van der Waals surface area contributed by atoms with E-state index >= 15 is 0 Å². The van der Waals surface area contributed by atoms with Crippen LogP contribution < -0.4 is 0 Å². The van der Waals surface area contributed by atoms with Crippen LogP contribution in [-0.2, 0) is 27.3 Å². The zero-order chi connectivity index (χ0) is 24.8. The molecule has 0 saturated carbocycles. The molecule has 3 aromatic rings. The number of hydrogen-bond acceptors (Lipinski definition) is 8. The summed E-state index contributed by atoms with van der Waals surface area (Å²) in [5.41, 5.74) is 0.106. The van der Waals surface area contributed by atoms with Crippen molar-refractivity contribution in [2.24, 2.45) is 0 Å². The molecule has 0 spiro atoms. The molecule has 1 aromatic carbocycles. The van der Waals surface area contributed by atoms with Gasteiger partial charge in [0.1, 0.15) is 17.9 Å². The number of aliphatic hydroxyl groups is 1. The Balaban J connectivity index is 0.000000696. The van der Waals surface area contributed by atoms with Gasteiger partial charge in [0.2, 0.25) is 11.6 Å². The van der Waals surface area contributed by atoms with Gasteiger partial charge in [0, 0.05) is 19.6 Å². The van der Waals surface area contributed by atoms with Gasteiger partial charge in [-0.1, -0.05) is 12.1 Å². The van der Waals surface area contributed by atoms with Gasteiger partial charge in [-0.25, -0.2) is 14.1 Å². The molecular weight excluding hydrogens is 461 g/mol. The average Bonchev–Trinajstić information content (AvgIpc) is 3.39. The van der Waals surface area contributed by atoms with Crippen molar-refractivity contribution >= 4 is 21.9 Å². The van der Waals surface area contributed by atoms with Gasteiger partial charge in [-0.3, -0.25) is 13.9 Å². The number of carbonyl (C=O) groups is 1. The predicted octanol–water partition coefficient (Wildman–Crippen LogP) is 3.07. The normalized spacial score (nSPS) is 12.2. The lowest BCUT2D eigenvalue weighted by atomic mass is 10.1. The number of hydrogen-bond donors (Lipinski definition) is 3. The first-order chi connectivity index (χ1) is 15.3. The Morgan fingerprint density at radius 2 is 1.82 bits per heavy atom. The smallest absolute Gasteiger partial charge is 0.394 e. The van der Waals surface area contributed by atoms with Crippen LogP contribution in [0.3, 0.4) is 0 Å². The molecule has 0 amide bonds. The standard InChI is InChI=1S/C20H20FN3O4.H2O4S/c1-20(2,27-3)24-12-22-19(23-24)17(26)11-16(25)18-9-8-15(28-18)10-13-4-6-14(21)7-5-13;1-5(2,3)4/h4-9,11-12,26H,10H2,1-3H3;(H2,1,2,3,4)/b17-11-;. The van der Waals surface area contributed by atoms with E-state index in [2.05, 4.69) is 10.1 Å². The van der Waals surface area contributed by atoms with Crippen LogP contribution in [0.25, 0.3) is 5.76 Å². The Hall–Kier alpha value is -3.39. The molecule has 0 fully saturated rings. The first-order valence-electron chi connectivity index (χ1n) is 9.24. The van der Waals surface area contributed by atoms with E-state index in [-0.39, 0.29) is 23.2 Å². The van der Waals surface area contributed by atoms with Crippen molar-refractivity contribution in [3.8, 4) is 0 Å². The Morgan fingerprint density at radius 3 is 2.39 bits per heavy atom. The molecule has 0 aliphatic rings. The summed E-state index contributed by atoms with van der Waals surface area (Å²) < 4.78 is 56.8. The number of aromatic nitrogens is 3. The third-order valence-electron chi connectivity index (χ3n) is 4.24. The number of furan rings is 1. The second-order valence-electron chi connectivity index (χ2n) is 7.07. The maximum Gasteiger partial charge on any atom is 0.394 e. The Morgan fingerprint density at radius 1 is 1.21 bits per heavy atom. The molecule has 0 radical (unpaired) electrons. The van der Waals surface area contributed by atoms with Crippen LogP contribution in [0.15, 0.2) is 53.2 Å². The Kier molecular flexibility index (Phi) is 8.22. The number of carbonyl (C=O) groups excluding carboxylic acids is 1. The number of benzene rings is 1. The molecule has 178 valence electrons. The molecule has 0 unspecified atom stereocenters. The number of rotatable bonds is 7. The van der Waals surface area contributed by atoms with Crippen LogP contribution in [0.1, 0.15) is 41.6 Å². The predicted molar refractivity (Wildman–Crippen MR) is 113 cm³/mol. The van der Waals surface area contributed by atoms with Gasteiger partial charge in [0.15, 0.2) is 17.2 Å². The summed E-state index contributed by atoms with van der Waals surface area (Å²) in [6.45, 7) is 3.56. The maximum atomic E-state index is 13.0. The quantitative estimate of drug-likeness (QED) is 0.197. The molecular formula is C20H22FN3O8S. The van der Waals surface area contributed by atoms with Crippen LogP contribution in [0, 0.1) is 5.82 Å². The SMILES string of the molecule is COC(C)(C)n1cnc(/C(O)=C/C(=O)c2ccc(Cc3ccc(F)cc3)o2)n1.O=S(=O)(O)O. The largest absolute Gasteiger partial charge is 0.504 e. The number of nitrogens with zero attached hydrogens (tertiary/aromatic N) is 3. The lowest BCUT2D eigenvalue weighted by molar-refractivity contribution is -0.0552. The monoisotopic (exact) mass is 483 g/mol. The number of aliphatic hydroxyl groups excluding tert-OH is 1. The molecule has 0 atom stereocenters. The molecule has 0 saturated heterocycles. The molecule has 13 heteroatoms. The van der Waals surface area contributed by atoms with Gasteiger partial charge < -0.3 is 14.3 Å². The third-order valence-corrected chi connectivity index (χ3v) is 4.24. The highest BCUT2D eigenvalue weighted by atomic mass is 32.3. The van der Waals surface area contributed by atoms with Crippen molar-refractivity contribution in [2.75, 3.05) is 7.11 Å². The average molecular weight is 483 g/mol. The molecule has 3 rings (SSSR count). The molecule has 0 bridgehead atoms. The van der Waals surface area contributed by atoms with Crippen molar-refractivity contribution in [1.29, 1.82) is 0 Å². The second-order valence-corrected chi connectivity index (χ2v) is 7.97. The minimum absolute atomic E-state index is 0.00318. The van der Waals surface area contributed by atoms with Gasteiger partial charge in [-0.15, -0.1) is 5.10 Å². The van der Waals surface area contributed by atoms with Crippen LogP contribution in [-0.4, -0.2) is 50.3 Å². The molecule has 3 N–H and O–H groups in total. The fourth-order valence-electron chi connectivity index (χ4n) is 2.40. The number of halogens is 1. The maximum absolute atomic E-state index is 13.0. The van der Waals surface area contributed by atoms with Crippen molar-refractivity contribution in [2.45, 2.75) is 26.0 Å². The van der Waals surface area contributed by atoms with Crippen molar-refractivity contribution in [1.82, 2.24) is 14.8 Å². The van der Waals surface area contributed by atoms with Crippen LogP contribution >= 0.6 is 0 Å². The lowest BCUT2D eigenvalue weighted by Crippen LogP contribution is -2.28. The fraction of sp³-hybridized carbons (Fsp3) is 0.250. The van der Waals surface area contributed by atoms with E-state index < -0.39 is 21.9 Å². The van der Waals surface area contributed by atoms with Crippen LogP contribution in [0.4, 0.5) is 4.39 Å². The van der Waals surface area contributed by atoms with E-state index in [0.717, 1.165) is 11.6 Å². The number of ether oxygens (including phenoxy) is 1. The van der Waals surface area contributed by atoms with E-state index in [0.29, 0.717) is 12.2 Å². The molecule has 2 aromatic heterocycles. The van der Waals surface area contributed by atoms with Crippen molar-refractivity contribution in [3.05, 3.63) is 77.5 Å². The second kappa shape index (κ2) is 10.5. The lowest BCUT2D eigenvalue weighted by Gasteiger charge is -2.22. The summed E-state index contributed by atoms with van der Waals surface area (Å²) in [5, 5.41) is 14.3. The summed E-state index contributed by atoms with van der Waals surface area (Å²) in [6.07, 6.45) is 2.82. The minimum Gasteiger partial charge on any atom is -0.504 e. The summed E-state index contributed by atoms with van der Waals surface area (Å²) in [6, 6.07) is 9.20. The first-order valence-corrected chi connectivity index (χ1v) is 10.6. The summed E-state index contributed by atoms with van der Waals surface area (Å²) in [7, 11) is -3.14. The van der Waals surface area contributed by atoms with Crippen molar-refractivity contribution in [3.63, 3.8) is 0 Å². The number of methoxy groups -OCH3 is 1. The molecule has 2 heterocycles. The van der Waals surface area contributed by atoms with E-state index in [9.17, 15) is 14.3 Å². The van der Waals surface area contributed by atoms with E-state index in [4.69, 9.17) is 26.7 Å². The summed E-state index contributed by atoms with van der Waals surface area (Å²) in [4.78, 5) is 16.3. The topological polar surface area (TPSA) is 165 Å². The molecule has 0 aliphatic carbocycles. The third kappa shape index (κ3) is 8.23. The number of ketones is 1. The highest BCUT2D eigenvalue weighted by molar-refractivity contribution is 7.79. The number of allylic oxidation sites excluding steroid dienone is 1. The van der Waals surface area contributed by atoms with E-state index in [1.54, 1.807) is 32.0 Å². The van der Waals surface area contributed by atoms with Gasteiger partial charge >= 0.3 is 10.4 Å². The van der Waals surface area contributed by atoms with Gasteiger partial charge in [-0.2, -0.15) is 8.42 Å². The Labute approximate surface area is 188 Å². The van der Waals surface area contributed by atoms with Gasteiger partial charge in [-0.05, 0) is 43.7 Å². The first kappa shape index (κ1) is 25.9. The molecule has 0 aliphatic heterocycles. The Bertz CT molecular complexity index is 1220. The summed E-state index contributed by atoms with van der Waals surface area (Å²) in [5.74, 6) is -0.606. The zero-order valence-electron chi connectivity index (χ0n) is 17.8. The van der Waals surface area contributed by atoms with E-state index in [1.807, 2.05) is 0 Å². The van der Waals surface area contributed by atoms with Crippen molar-refractivity contribution < 1.29 is 41.0 Å². The molecule has 11 nitrogen and oxygen atoms in total. The van der Waals surface area contributed by atoms with Gasteiger partial charge in [0.05, 0.1) is 0 Å². The van der Waals surface area contributed by atoms with Gasteiger partial charge in [0.25, 0.3) is 0 Å². The van der Waals surface area contributed by atoms with Crippen LogP contribution in [0.5, 0.6) is 0 Å². The zero-order valence-corrected chi connectivity index (χ0v) is 18.7. The summed E-state index contributed by atoms with van der Waals surface area (Å²) >= 11 is 0. The fourth-order valence-corrected chi connectivity index (χ4v) is 2.40. The van der Waals surface area contributed by atoms with E-state index in [1.165, 1.54) is 36.3 Å². The highest BCUT2D eigenvalue weighted by Gasteiger charge is 2.22. The van der Waals surface area contributed by atoms with Crippen LogP contribution in [0.2, 0.25) is 0 Å². The molecule has 33 heavy (non-hydrogen) atoms.